The van der Waals surface area contributed by atoms with E-state index in [9.17, 15) is 4.79 Å². The molecular formula is C22H22N4O2S2. The summed E-state index contributed by atoms with van der Waals surface area (Å²) in [6, 6.07) is 15.7. The van der Waals surface area contributed by atoms with E-state index in [1.165, 1.54) is 11.8 Å². The number of carbonyl (C=O) groups excluding carboxylic acids is 1. The van der Waals surface area contributed by atoms with E-state index < -0.39 is 0 Å². The zero-order valence-corrected chi connectivity index (χ0v) is 18.4. The van der Waals surface area contributed by atoms with Gasteiger partial charge in [0.1, 0.15) is 5.76 Å². The molecule has 3 aromatic heterocycles. The van der Waals surface area contributed by atoms with E-state index in [2.05, 4.69) is 29.4 Å². The molecule has 0 spiro atoms. The maximum atomic E-state index is 12.6. The van der Waals surface area contributed by atoms with Gasteiger partial charge in [0.15, 0.2) is 11.0 Å². The average Bonchev–Trinajstić information content (AvgIpc) is 3.49. The second-order valence-electron chi connectivity index (χ2n) is 7.03. The Kier molecular flexibility index (Phi) is 6.35. The Balaban J connectivity index is 1.50. The Hall–Kier alpha value is -2.84. The van der Waals surface area contributed by atoms with Crippen molar-refractivity contribution in [3.8, 4) is 10.7 Å². The highest BCUT2D eigenvalue weighted by atomic mass is 32.2. The van der Waals surface area contributed by atoms with Crippen molar-refractivity contribution in [2.75, 3.05) is 11.1 Å². The van der Waals surface area contributed by atoms with Gasteiger partial charge in [0.25, 0.3) is 0 Å². The molecule has 0 aliphatic rings. The summed E-state index contributed by atoms with van der Waals surface area (Å²) in [5.74, 6) is 2.09. The molecule has 0 saturated carbocycles. The SMILES string of the molecule is CC(C)c1ccccc1NC(=O)CSc1nnc(-c2cccs2)n1Cc1ccco1. The van der Waals surface area contributed by atoms with Crippen LogP contribution in [0.25, 0.3) is 10.7 Å². The molecule has 1 aromatic carbocycles. The van der Waals surface area contributed by atoms with Crippen LogP contribution in [-0.4, -0.2) is 26.4 Å². The maximum Gasteiger partial charge on any atom is 0.234 e. The summed E-state index contributed by atoms with van der Waals surface area (Å²) in [5.41, 5.74) is 1.98. The molecule has 4 rings (SSSR count). The van der Waals surface area contributed by atoms with Crippen LogP contribution in [0.1, 0.15) is 31.1 Å². The first kappa shape index (κ1) is 20.4. The number of hydrogen-bond donors (Lipinski definition) is 1. The Labute approximate surface area is 183 Å². The lowest BCUT2D eigenvalue weighted by Gasteiger charge is -2.13. The predicted molar refractivity (Wildman–Crippen MR) is 121 cm³/mol. The number of para-hydroxylation sites is 1. The summed E-state index contributed by atoms with van der Waals surface area (Å²) in [6.45, 7) is 4.74. The van der Waals surface area contributed by atoms with E-state index in [0.29, 0.717) is 17.6 Å². The second-order valence-corrected chi connectivity index (χ2v) is 8.92. The van der Waals surface area contributed by atoms with Gasteiger partial charge in [-0.05, 0) is 41.1 Å². The van der Waals surface area contributed by atoms with Gasteiger partial charge < -0.3 is 9.73 Å². The molecule has 154 valence electrons. The van der Waals surface area contributed by atoms with E-state index in [1.807, 2.05) is 58.5 Å². The molecule has 0 atom stereocenters. The van der Waals surface area contributed by atoms with Crippen LogP contribution in [0, 0.1) is 0 Å². The summed E-state index contributed by atoms with van der Waals surface area (Å²) in [7, 11) is 0. The van der Waals surface area contributed by atoms with Crippen LogP contribution in [0.2, 0.25) is 0 Å². The van der Waals surface area contributed by atoms with E-state index >= 15 is 0 Å². The number of thiophene rings is 1. The van der Waals surface area contributed by atoms with E-state index in [1.54, 1.807) is 17.6 Å². The minimum absolute atomic E-state index is 0.0710. The molecule has 0 radical (unpaired) electrons. The number of carbonyl (C=O) groups is 1. The standard InChI is InChI=1S/C22H22N4O2S2/c1-15(2)17-8-3-4-9-18(17)23-20(27)14-30-22-25-24-21(19-10-6-12-29-19)26(22)13-16-7-5-11-28-16/h3-12,15H,13-14H2,1-2H3,(H,23,27). The highest BCUT2D eigenvalue weighted by molar-refractivity contribution is 7.99. The fraction of sp³-hybridized carbons (Fsp3) is 0.227. The van der Waals surface area contributed by atoms with Crippen LogP contribution in [0.3, 0.4) is 0 Å². The molecule has 6 nitrogen and oxygen atoms in total. The number of aromatic nitrogens is 3. The Bertz CT molecular complexity index is 1100. The van der Waals surface area contributed by atoms with Gasteiger partial charge in [-0.1, -0.05) is 49.9 Å². The molecule has 4 aromatic rings. The van der Waals surface area contributed by atoms with E-state index in [4.69, 9.17) is 4.42 Å². The monoisotopic (exact) mass is 438 g/mol. The van der Waals surface area contributed by atoms with Gasteiger partial charge in [-0.25, -0.2) is 0 Å². The van der Waals surface area contributed by atoms with Crippen LogP contribution in [-0.2, 0) is 11.3 Å². The normalized spacial score (nSPS) is 11.2. The zero-order valence-electron chi connectivity index (χ0n) is 16.7. The molecule has 0 aliphatic heterocycles. The molecule has 0 bridgehead atoms. The Morgan fingerprint density at radius 3 is 2.77 bits per heavy atom. The van der Waals surface area contributed by atoms with Crippen molar-refractivity contribution >= 4 is 34.7 Å². The molecule has 8 heteroatoms. The number of hydrogen-bond acceptors (Lipinski definition) is 6. The number of thioether (sulfide) groups is 1. The van der Waals surface area contributed by atoms with Crippen molar-refractivity contribution in [1.29, 1.82) is 0 Å². The first-order valence-electron chi connectivity index (χ1n) is 9.63. The van der Waals surface area contributed by atoms with Gasteiger partial charge in [0.05, 0.1) is 23.4 Å². The smallest absolute Gasteiger partial charge is 0.234 e. The first-order valence-corrected chi connectivity index (χ1v) is 11.5. The van der Waals surface area contributed by atoms with Crippen molar-refractivity contribution < 1.29 is 9.21 Å². The molecule has 0 saturated heterocycles. The number of rotatable bonds is 8. The Morgan fingerprint density at radius 2 is 2.03 bits per heavy atom. The number of nitrogens with one attached hydrogen (secondary N) is 1. The lowest BCUT2D eigenvalue weighted by Crippen LogP contribution is -2.16. The second kappa shape index (κ2) is 9.32. The number of furan rings is 1. The summed E-state index contributed by atoms with van der Waals surface area (Å²) in [6.07, 6.45) is 1.65. The minimum Gasteiger partial charge on any atom is -0.467 e. The quantitative estimate of drug-likeness (QED) is 0.368. The van der Waals surface area contributed by atoms with Crippen molar-refractivity contribution in [2.24, 2.45) is 0 Å². The topological polar surface area (TPSA) is 73.0 Å². The highest BCUT2D eigenvalue weighted by Crippen LogP contribution is 2.29. The van der Waals surface area contributed by atoms with Crippen molar-refractivity contribution in [1.82, 2.24) is 14.8 Å². The fourth-order valence-electron chi connectivity index (χ4n) is 3.12. The number of nitrogens with zero attached hydrogens (tertiary/aromatic N) is 3. The minimum atomic E-state index is -0.0710. The number of amides is 1. The van der Waals surface area contributed by atoms with Crippen LogP contribution in [0.4, 0.5) is 5.69 Å². The molecule has 3 heterocycles. The maximum absolute atomic E-state index is 12.6. The lowest BCUT2D eigenvalue weighted by atomic mass is 10.0. The lowest BCUT2D eigenvalue weighted by molar-refractivity contribution is -0.113. The highest BCUT2D eigenvalue weighted by Gasteiger charge is 2.18. The molecule has 30 heavy (non-hydrogen) atoms. The largest absolute Gasteiger partial charge is 0.467 e. The van der Waals surface area contributed by atoms with Crippen LogP contribution in [0.15, 0.2) is 69.7 Å². The van der Waals surface area contributed by atoms with E-state index in [-0.39, 0.29) is 11.7 Å². The third-order valence-corrected chi connectivity index (χ3v) is 6.37. The van der Waals surface area contributed by atoms with Gasteiger partial charge in [-0.15, -0.1) is 21.5 Å². The first-order chi connectivity index (χ1) is 14.6. The van der Waals surface area contributed by atoms with Crippen molar-refractivity contribution in [3.05, 3.63) is 71.5 Å². The average molecular weight is 439 g/mol. The Morgan fingerprint density at radius 1 is 1.17 bits per heavy atom. The van der Waals surface area contributed by atoms with Crippen molar-refractivity contribution in [2.45, 2.75) is 31.5 Å². The van der Waals surface area contributed by atoms with Gasteiger partial charge >= 0.3 is 0 Å². The van der Waals surface area contributed by atoms with Gasteiger partial charge in [0.2, 0.25) is 5.91 Å². The van der Waals surface area contributed by atoms with Crippen LogP contribution >= 0.6 is 23.1 Å². The third-order valence-electron chi connectivity index (χ3n) is 4.54. The van der Waals surface area contributed by atoms with E-state index in [0.717, 1.165) is 27.7 Å². The summed E-state index contributed by atoms with van der Waals surface area (Å²) >= 11 is 2.97. The molecule has 1 amide bonds. The molecular weight excluding hydrogens is 416 g/mol. The zero-order chi connectivity index (χ0) is 20.9. The fourth-order valence-corrected chi connectivity index (χ4v) is 4.57. The van der Waals surface area contributed by atoms with Gasteiger partial charge in [0, 0.05) is 5.69 Å². The summed E-state index contributed by atoms with van der Waals surface area (Å²) in [4.78, 5) is 13.6. The number of anilines is 1. The molecule has 0 unspecified atom stereocenters. The predicted octanol–water partition coefficient (Wildman–Crippen LogP) is 5.50. The third kappa shape index (κ3) is 4.66. The van der Waals surface area contributed by atoms with Crippen molar-refractivity contribution in [3.63, 3.8) is 0 Å². The summed E-state index contributed by atoms with van der Waals surface area (Å²) < 4.78 is 7.50. The summed E-state index contributed by atoms with van der Waals surface area (Å²) in [5, 5.41) is 14.4. The molecule has 0 aliphatic carbocycles. The van der Waals surface area contributed by atoms with Gasteiger partial charge in [-0.2, -0.15) is 0 Å². The number of benzene rings is 1. The molecule has 0 fully saturated rings. The van der Waals surface area contributed by atoms with Crippen LogP contribution in [0.5, 0.6) is 0 Å². The van der Waals surface area contributed by atoms with Gasteiger partial charge in [-0.3, -0.25) is 9.36 Å². The molecule has 1 N–H and O–H groups in total. The van der Waals surface area contributed by atoms with Crippen LogP contribution < -0.4 is 5.32 Å².